The molecule has 0 spiro atoms. The van der Waals surface area contributed by atoms with Gasteiger partial charge in [-0.1, -0.05) is 18.0 Å². The summed E-state index contributed by atoms with van der Waals surface area (Å²) in [5.74, 6) is 0. The Morgan fingerprint density at radius 1 is 1.23 bits per heavy atom. The average molecular weight is 372 g/mol. The summed E-state index contributed by atoms with van der Waals surface area (Å²) in [6.07, 6.45) is 11.5. The van der Waals surface area contributed by atoms with Gasteiger partial charge < -0.3 is 10.5 Å². The highest BCUT2D eigenvalue weighted by atomic mass is 32.2. The van der Waals surface area contributed by atoms with E-state index in [0.29, 0.717) is 6.04 Å². The smallest absolute Gasteiger partial charge is 0.0783 e. The molecule has 1 aliphatic rings. The summed E-state index contributed by atoms with van der Waals surface area (Å²) in [4.78, 5) is 11.9. The minimum Gasteiger partial charge on any atom is -0.330 e. The maximum absolute atomic E-state index is 5.73. The van der Waals surface area contributed by atoms with Crippen LogP contribution in [-0.4, -0.2) is 34.2 Å². The predicted octanol–water partition coefficient (Wildman–Crippen LogP) is 3.79. The van der Waals surface area contributed by atoms with Gasteiger partial charge in [0.05, 0.1) is 23.1 Å². The van der Waals surface area contributed by atoms with Crippen LogP contribution in [-0.2, 0) is 13.0 Å². The Morgan fingerprint density at radius 3 is 2.92 bits per heavy atom. The number of nitrogens with two attached hydrogens (primary N) is 1. The quantitative estimate of drug-likeness (QED) is 0.516. The minimum atomic E-state index is 0.363. The summed E-state index contributed by atoms with van der Waals surface area (Å²) in [5.41, 5.74) is 10.6. The molecular weight excluding hydrogens is 342 g/mol. The molecule has 2 heterocycles. The molecule has 0 bridgehead atoms. The number of aromatic nitrogens is 2. The van der Waals surface area contributed by atoms with Crippen LogP contribution in [0.15, 0.2) is 36.7 Å². The summed E-state index contributed by atoms with van der Waals surface area (Å²) in [5, 5.41) is 0. The van der Waals surface area contributed by atoms with Crippen LogP contribution in [0.3, 0.4) is 0 Å². The number of nitrogens with one attached hydrogen (secondary N) is 1. The number of fused-ring (bicyclic) bond motifs is 1. The van der Waals surface area contributed by atoms with Crippen LogP contribution in [0, 0.1) is 0 Å². The maximum atomic E-state index is 5.73. The Kier molecular flexibility index (Phi) is 7.29. The first-order valence-corrected chi connectivity index (χ1v) is 10.7. The van der Waals surface area contributed by atoms with Gasteiger partial charge >= 0.3 is 0 Å². The van der Waals surface area contributed by atoms with Gasteiger partial charge in [-0.2, -0.15) is 0 Å². The first-order valence-electron chi connectivity index (χ1n) is 9.44. The number of hydrogen-bond acceptors (Lipinski definition) is 6. The summed E-state index contributed by atoms with van der Waals surface area (Å²) in [7, 11) is 0. The zero-order chi connectivity index (χ0) is 18.2. The summed E-state index contributed by atoms with van der Waals surface area (Å²) >= 11 is 1.60. The molecule has 0 amide bonds. The van der Waals surface area contributed by atoms with Crippen molar-refractivity contribution in [3.05, 3.63) is 53.6 Å². The van der Waals surface area contributed by atoms with Gasteiger partial charge in [-0.05, 0) is 69.0 Å². The largest absolute Gasteiger partial charge is 0.330 e. The third-order valence-corrected chi connectivity index (χ3v) is 5.38. The Bertz CT molecular complexity index is 693. The lowest BCUT2D eigenvalue weighted by atomic mass is 9.90. The van der Waals surface area contributed by atoms with Crippen molar-refractivity contribution in [2.45, 2.75) is 44.7 Å². The van der Waals surface area contributed by atoms with Gasteiger partial charge in [0.1, 0.15) is 0 Å². The van der Waals surface area contributed by atoms with Crippen LogP contribution >= 0.6 is 11.9 Å². The summed E-state index contributed by atoms with van der Waals surface area (Å²) in [6, 6.07) is 8.73. The van der Waals surface area contributed by atoms with Crippen LogP contribution in [0.5, 0.6) is 0 Å². The van der Waals surface area contributed by atoms with E-state index in [2.05, 4.69) is 32.8 Å². The third-order valence-electron chi connectivity index (χ3n) is 4.96. The number of hydrogen-bond donors (Lipinski definition) is 2. The molecule has 2 aromatic heterocycles. The second-order valence-electron chi connectivity index (χ2n) is 6.73. The molecule has 2 aromatic rings. The Morgan fingerprint density at radius 2 is 2.08 bits per heavy atom. The van der Waals surface area contributed by atoms with E-state index in [9.17, 15) is 0 Å². The molecule has 0 aromatic carbocycles. The number of nitrogens with zero attached hydrogens (tertiary/aromatic N) is 3. The molecule has 1 atom stereocenters. The second-order valence-corrected chi connectivity index (χ2v) is 7.34. The van der Waals surface area contributed by atoms with Crippen molar-refractivity contribution in [2.24, 2.45) is 5.73 Å². The lowest BCUT2D eigenvalue weighted by Crippen LogP contribution is -2.33. The first-order chi connectivity index (χ1) is 12.8. The molecule has 26 heavy (non-hydrogen) atoms. The highest BCUT2D eigenvalue weighted by Crippen LogP contribution is 2.34. The molecular formula is C20H29N5S. The number of aryl methyl sites for hydroxylation is 1. The van der Waals surface area contributed by atoms with Crippen molar-refractivity contribution in [1.82, 2.24) is 14.9 Å². The lowest BCUT2D eigenvalue weighted by molar-refractivity contribution is 0.161. The van der Waals surface area contributed by atoms with E-state index in [1.807, 2.05) is 24.7 Å². The molecule has 6 heteroatoms. The van der Waals surface area contributed by atoms with Gasteiger partial charge in [0.25, 0.3) is 0 Å². The Hall–Kier alpha value is -1.63. The van der Waals surface area contributed by atoms with Crippen molar-refractivity contribution in [2.75, 3.05) is 24.1 Å². The van der Waals surface area contributed by atoms with Crippen LogP contribution in [0.25, 0.3) is 0 Å². The molecule has 0 saturated heterocycles. The van der Waals surface area contributed by atoms with E-state index < -0.39 is 0 Å². The predicted molar refractivity (Wildman–Crippen MR) is 110 cm³/mol. The molecule has 140 valence electrons. The first kappa shape index (κ1) is 19.1. The fourth-order valence-electron chi connectivity index (χ4n) is 3.70. The zero-order valence-electron chi connectivity index (χ0n) is 15.5. The molecule has 3 N–H and O–H groups in total. The molecule has 3 rings (SSSR count). The van der Waals surface area contributed by atoms with Gasteiger partial charge in [0, 0.05) is 25.2 Å². The number of unbranched alkanes of at least 4 members (excludes halogenated alkanes) is 1. The van der Waals surface area contributed by atoms with Gasteiger partial charge in [-0.25, -0.2) is 0 Å². The molecule has 0 fully saturated rings. The normalized spacial score (nSPS) is 16.5. The fourth-order valence-corrected chi connectivity index (χ4v) is 4.11. The number of rotatable bonds is 9. The lowest BCUT2D eigenvalue weighted by Gasteiger charge is -2.35. The maximum Gasteiger partial charge on any atom is 0.0783 e. The van der Waals surface area contributed by atoms with E-state index in [1.165, 1.54) is 17.7 Å². The van der Waals surface area contributed by atoms with E-state index in [4.69, 9.17) is 10.7 Å². The van der Waals surface area contributed by atoms with Crippen molar-refractivity contribution >= 4 is 17.6 Å². The molecule has 1 unspecified atom stereocenters. The highest BCUT2D eigenvalue weighted by Gasteiger charge is 2.27. The van der Waals surface area contributed by atoms with E-state index >= 15 is 0 Å². The zero-order valence-corrected chi connectivity index (χ0v) is 16.3. The molecule has 1 aliphatic carbocycles. The van der Waals surface area contributed by atoms with Crippen molar-refractivity contribution in [1.29, 1.82) is 0 Å². The van der Waals surface area contributed by atoms with Crippen LogP contribution in [0.2, 0.25) is 0 Å². The van der Waals surface area contributed by atoms with E-state index in [0.717, 1.165) is 56.7 Å². The van der Waals surface area contributed by atoms with Crippen molar-refractivity contribution in [3.8, 4) is 0 Å². The van der Waals surface area contributed by atoms with Gasteiger partial charge in [-0.15, -0.1) is 0 Å². The molecule has 0 radical (unpaired) electrons. The van der Waals surface area contributed by atoms with Gasteiger partial charge in [0.2, 0.25) is 0 Å². The SMILES string of the molecule is CSNc1cccnc1CN(CCCCN)C1CCCc2cccnc21. The number of pyridine rings is 2. The molecule has 0 aliphatic heterocycles. The van der Waals surface area contributed by atoms with Gasteiger partial charge in [-0.3, -0.25) is 14.9 Å². The van der Waals surface area contributed by atoms with Crippen molar-refractivity contribution in [3.63, 3.8) is 0 Å². The monoisotopic (exact) mass is 371 g/mol. The summed E-state index contributed by atoms with van der Waals surface area (Å²) < 4.78 is 3.36. The second kappa shape index (κ2) is 9.90. The topological polar surface area (TPSA) is 67.1 Å². The summed E-state index contributed by atoms with van der Waals surface area (Å²) in [6.45, 7) is 2.60. The minimum absolute atomic E-state index is 0.363. The third kappa shape index (κ3) is 4.75. The Labute approximate surface area is 160 Å². The van der Waals surface area contributed by atoms with Crippen LogP contribution in [0.4, 0.5) is 5.69 Å². The standard InChI is InChI=1S/C20H29N5S/c1-26-24-17-9-6-12-22-18(17)15-25(14-3-2-11-21)19-10-4-7-16-8-5-13-23-20(16)19/h5-6,8-9,12-13,19,24H,2-4,7,10-11,14-15,21H2,1H3. The Balaban J connectivity index is 1.84. The van der Waals surface area contributed by atoms with E-state index in [1.54, 1.807) is 11.9 Å². The average Bonchev–Trinajstić information content (AvgIpc) is 2.68. The van der Waals surface area contributed by atoms with Crippen molar-refractivity contribution < 1.29 is 0 Å². The van der Waals surface area contributed by atoms with Crippen LogP contribution in [0.1, 0.15) is 48.7 Å². The highest BCUT2D eigenvalue weighted by molar-refractivity contribution is 7.99. The molecule has 0 saturated carbocycles. The number of anilines is 1. The fraction of sp³-hybridized carbons (Fsp3) is 0.500. The molecule has 5 nitrogen and oxygen atoms in total. The van der Waals surface area contributed by atoms with E-state index in [-0.39, 0.29) is 0 Å². The van der Waals surface area contributed by atoms with Gasteiger partial charge in [0.15, 0.2) is 0 Å². The van der Waals surface area contributed by atoms with Crippen LogP contribution < -0.4 is 10.5 Å².